The van der Waals surface area contributed by atoms with Crippen molar-refractivity contribution < 1.29 is 24.5 Å². The molecule has 0 aliphatic heterocycles. The van der Waals surface area contributed by atoms with Crippen LogP contribution < -0.4 is 0 Å². The lowest BCUT2D eigenvalue weighted by Gasteiger charge is -1.99. The number of hydrogen-bond donors (Lipinski definition) is 2. The third-order valence-electron chi connectivity index (χ3n) is 0.738. The molecule has 0 aliphatic carbocycles. The third kappa shape index (κ3) is 47.9. The van der Waals surface area contributed by atoms with E-state index >= 15 is 0 Å². The Morgan fingerprint density at radius 1 is 0.889 bits per heavy atom. The fourth-order valence-electron chi connectivity index (χ4n) is 0.296. The van der Waals surface area contributed by atoms with Gasteiger partial charge in [-0.15, -0.1) is 26.3 Å². The highest BCUT2D eigenvalue weighted by Crippen LogP contribution is 1.84. The van der Waals surface area contributed by atoms with Crippen molar-refractivity contribution in [3.8, 4) is 0 Å². The van der Waals surface area contributed by atoms with Crippen molar-refractivity contribution in [3.05, 3.63) is 51.6 Å². The van der Waals surface area contributed by atoms with Crippen molar-refractivity contribution in [2.75, 3.05) is 26.4 Å². The minimum atomic E-state index is -0.695. The van der Waals surface area contributed by atoms with Gasteiger partial charge in [0, 0.05) is 0 Å². The van der Waals surface area contributed by atoms with Gasteiger partial charge in [0.2, 0.25) is 0 Å². The lowest BCUT2D eigenvalue weighted by Crippen LogP contribution is -2.06. The second-order valence-corrected chi connectivity index (χ2v) is 1.90. The first-order valence-electron chi connectivity index (χ1n) is 4.96. The maximum Gasteiger partial charge on any atom is 0.508 e. The lowest BCUT2D eigenvalue weighted by molar-refractivity contribution is 0.0718. The molecule has 0 saturated heterocycles. The molecule has 0 bridgehead atoms. The van der Waals surface area contributed by atoms with Gasteiger partial charge in [0.1, 0.15) is 13.2 Å². The van der Waals surface area contributed by atoms with Crippen LogP contribution in [0.25, 0.3) is 0 Å². The summed E-state index contributed by atoms with van der Waals surface area (Å²) in [5, 5.41) is 15.2. The molecule has 0 spiro atoms. The number of carbonyl (C=O) groups excluding carboxylic acids is 1. The second-order valence-electron chi connectivity index (χ2n) is 1.90. The Morgan fingerprint density at radius 3 is 1.33 bits per heavy atom. The largest absolute Gasteiger partial charge is 0.508 e. The predicted octanol–water partition coefficient (Wildman–Crippen LogP) is 2.09. The van der Waals surface area contributed by atoms with Crippen LogP contribution in [0.2, 0.25) is 0 Å². The molecular weight excluding hydrogens is 236 g/mol. The lowest BCUT2D eigenvalue weighted by atomic mass is 10.7. The molecule has 0 fully saturated rings. The van der Waals surface area contributed by atoms with Crippen molar-refractivity contribution in [1.29, 1.82) is 0 Å². The van der Waals surface area contributed by atoms with Crippen LogP contribution in [0.1, 0.15) is 0 Å². The summed E-state index contributed by atoms with van der Waals surface area (Å²) in [5.41, 5.74) is 0. The summed E-state index contributed by atoms with van der Waals surface area (Å²) in [7, 11) is 0. The van der Waals surface area contributed by atoms with E-state index in [2.05, 4.69) is 48.9 Å². The quantitative estimate of drug-likeness (QED) is 0.584. The Kier molecular flexibility index (Phi) is 50.5. The van der Waals surface area contributed by atoms with E-state index in [0.29, 0.717) is 0 Å². The highest BCUT2D eigenvalue weighted by atomic mass is 16.7. The molecule has 0 rings (SSSR count). The standard InChI is InChI=1S/C7H10O3.C2H6O2.2C2H4/c1-3-5-9-7(8)10-6-4-2;3-1-2-4;2*1-2/h3-4H,1-2,5-6H2;3-4H,1-2H2;2*1-2H2. The smallest absolute Gasteiger partial charge is 0.430 e. The normalized spacial score (nSPS) is 6.56. The number of hydrogen-bond acceptors (Lipinski definition) is 5. The van der Waals surface area contributed by atoms with Crippen LogP contribution in [-0.4, -0.2) is 42.8 Å². The van der Waals surface area contributed by atoms with Crippen LogP contribution in [0, 0.1) is 0 Å². The Labute approximate surface area is 109 Å². The van der Waals surface area contributed by atoms with Gasteiger partial charge in [0.05, 0.1) is 13.2 Å². The first-order chi connectivity index (χ1) is 8.72. The molecule has 0 aromatic carbocycles. The van der Waals surface area contributed by atoms with Crippen LogP contribution in [0.5, 0.6) is 0 Å². The molecule has 18 heavy (non-hydrogen) atoms. The second kappa shape index (κ2) is 36.2. The average Bonchev–Trinajstić information content (AvgIpc) is 2.47. The molecule has 5 heteroatoms. The van der Waals surface area contributed by atoms with E-state index in [4.69, 9.17) is 10.2 Å². The zero-order chi connectivity index (χ0) is 15.2. The average molecular weight is 260 g/mol. The zero-order valence-electron chi connectivity index (χ0n) is 10.8. The molecule has 0 saturated carbocycles. The molecule has 0 radical (unpaired) electrons. The van der Waals surface area contributed by atoms with E-state index in [0.717, 1.165) is 0 Å². The maximum absolute atomic E-state index is 10.4. The van der Waals surface area contributed by atoms with Gasteiger partial charge in [-0.05, 0) is 0 Å². The summed E-state index contributed by atoms with van der Waals surface area (Å²) in [6.07, 6.45) is 2.24. The predicted molar refractivity (Wildman–Crippen MR) is 74.4 cm³/mol. The summed E-state index contributed by atoms with van der Waals surface area (Å²) in [6.45, 7) is 18.8. The first-order valence-corrected chi connectivity index (χ1v) is 4.96. The Hall–Kier alpha value is -1.85. The third-order valence-corrected chi connectivity index (χ3v) is 0.738. The van der Waals surface area contributed by atoms with Gasteiger partial charge < -0.3 is 19.7 Å². The topological polar surface area (TPSA) is 76.0 Å². The number of carbonyl (C=O) groups is 1. The minimum absolute atomic E-state index is 0.125. The number of aliphatic hydroxyl groups excluding tert-OH is 2. The monoisotopic (exact) mass is 260 g/mol. The maximum atomic E-state index is 10.4. The SMILES string of the molecule is C=C.C=C.C=CCOC(=O)OCC=C.OCCO. The highest BCUT2D eigenvalue weighted by Gasteiger charge is 1.97. The van der Waals surface area contributed by atoms with Crippen molar-refractivity contribution in [3.63, 3.8) is 0 Å². The van der Waals surface area contributed by atoms with Crippen LogP contribution in [-0.2, 0) is 9.47 Å². The van der Waals surface area contributed by atoms with Gasteiger partial charge in [0.15, 0.2) is 0 Å². The molecule has 0 aromatic rings. The van der Waals surface area contributed by atoms with Crippen molar-refractivity contribution in [2.45, 2.75) is 0 Å². The highest BCUT2D eigenvalue weighted by molar-refractivity contribution is 5.60. The number of rotatable bonds is 5. The molecule has 0 amide bonds. The van der Waals surface area contributed by atoms with E-state index in [1.54, 1.807) is 0 Å². The van der Waals surface area contributed by atoms with Crippen LogP contribution in [0.3, 0.4) is 0 Å². The van der Waals surface area contributed by atoms with Crippen molar-refractivity contribution in [1.82, 2.24) is 0 Å². The van der Waals surface area contributed by atoms with Gasteiger partial charge >= 0.3 is 6.16 Å². The van der Waals surface area contributed by atoms with Gasteiger partial charge in [-0.25, -0.2) is 4.79 Å². The molecular formula is C13H24O5. The van der Waals surface area contributed by atoms with Gasteiger partial charge in [-0.1, -0.05) is 25.3 Å². The van der Waals surface area contributed by atoms with E-state index in [9.17, 15) is 4.79 Å². The molecule has 0 unspecified atom stereocenters. The van der Waals surface area contributed by atoms with Gasteiger partial charge in [0.25, 0.3) is 0 Å². The van der Waals surface area contributed by atoms with Gasteiger partial charge in [-0.2, -0.15) is 0 Å². The van der Waals surface area contributed by atoms with Crippen LogP contribution in [0.4, 0.5) is 4.79 Å². The van der Waals surface area contributed by atoms with E-state index in [1.165, 1.54) is 12.2 Å². The zero-order valence-corrected chi connectivity index (χ0v) is 10.8. The molecule has 5 nitrogen and oxygen atoms in total. The summed E-state index contributed by atoms with van der Waals surface area (Å²) in [6, 6.07) is 0. The molecule has 0 heterocycles. The molecule has 0 aliphatic rings. The van der Waals surface area contributed by atoms with Crippen LogP contribution >= 0.6 is 0 Å². The van der Waals surface area contributed by atoms with Crippen molar-refractivity contribution >= 4 is 6.16 Å². The summed E-state index contributed by atoms with van der Waals surface area (Å²) in [4.78, 5) is 10.4. The van der Waals surface area contributed by atoms with Crippen molar-refractivity contribution in [2.24, 2.45) is 0 Å². The van der Waals surface area contributed by atoms with E-state index in [1.807, 2.05) is 0 Å². The molecule has 106 valence electrons. The Bertz CT molecular complexity index is 162. The fourth-order valence-corrected chi connectivity index (χ4v) is 0.296. The summed E-state index contributed by atoms with van der Waals surface area (Å²) < 4.78 is 8.93. The summed E-state index contributed by atoms with van der Waals surface area (Å²) in [5.74, 6) is 0. The van der Waals surface area contributed by atoms with Gasteiger partial charge in [-0.3, -0.25) is 0 Å². The minimum Gasteiger partial charge on any atom is -0.430 e. The Morgan fingerprint density at radius 2 is 1.17 bits per heavy atom. The number of aliphatic hydroxyl groups is 2. The molecule has 2 N–H and O–H groups in total. The van der Waals surface area contributed by atoms with E-state index < -0.39 is 6.16 Å². The van der Waals surface area contributed by atoms with E-state index in [-0.39, 0.29) is 26.4 Å². The van der Waals surface area contributed by atoms with Crippen LogP contribution in [0.15, 0.2) is 51.6 Å². The fraction of sp³-hybridized carbons (Fsp3) is 0.308. The Balaban J connectivity index is -0.000000102. The first kappa shape index (κ1) is 25.1. The molecule has 0 atom stereocenters. The molecule has 0 aromatic heterocycles. The summed E-state index contributed by atoms with van der Waals surface area (Å²) >= 11 is 0. The number of ether oxygens (including phenoxy) is 2.